The lowest BCUT2D eigenvalue weighted by molar-refractivity contribution is -0.137. The smallest absolute Gasteiger partial charge is 0.398 e. The summed E-state index contributed by atoms with van der Waals surface area (Å²) in [6, 6.07) is 2.68. The Bertz CT molecular complexity index is 454. The molecule has 1 rings (SSSR count). The SMILES string of the molecule is CCC(CC)NC(=O)c1cc(C(F)(F)F)ccc1N. The van der Waals surface area contributed by atoms with Gasteiger partial charge in [-0.15, -0.1) is 0 Å². The summed E-state index contributed by atoms with van der Waals surface area (Å²) in [6.07, 6.45) is -3.07. The third-order valence-corrected chi connectivity index (χ3v) is 2.95. The normalized spacial score (nSPS) is 11.7. The molecule has 19 heavy (non-hydrogen) atoms. The topological polar surface area (TPSA) is 55.1 Å². The van der Waals surface area contributed by atoms with Crippen LogP contribution in [0.15, 0.2) is 18.2 Å². The van der Waals surface area contributed by atoms with Gasteiger partial charge in [-0.2, -0.15) is 13.2 Å². The maximum absolute atomic E-state index is 12.6. The van der Waals surface area contributed by atoms with Gasteiger partial charge in [0.05, 0.1) is 11.1 Å². The van der Waals surface area contributed by atoms with Crippen LogP contribution in [0.4, 0.5) is 18.9 Å². The number of hydrogen-bond donors (Lipinski definition) is 2. The Morgan fingerprint density at radius 2 is 1.89 bits per heavy atom. The molecule has 1 aromatic rings. The molecule has 0 saturated carbocycles. The Morgan fingerprint density at radius 1 is 1.32 bits per heavy atom. The molecule has 0 atom stereocenters. The fraction of sp³-hybridized carbons (Fsp3) is 0.462. The molecule has 1 amide bonds. The number of anilines is 1. The fourth-order valence-corrected chi connectivity index (χ4v) is 1.69. The Hall–Kier alpha value is -1.72. The van der Waals surface area contributed by atoms with Crippen molar-refractivity contribution < 1.29 is 18.0 Å². The third kappa shape index (κ3) is 3.87. The van der Waals surface area contributed by atoms with E-state index >= 15 is 0 Å². The van der Waals surface area contributed by atoms with E-state index in [0.29, 0.717) is 12.8 Å². The number of benzene rings is 1. The monoisotopic (exact) mass is 274 g/mol. The van der Waals surface area contributed by atoms with Gasteiger partial charge in [-0.05, 0) is 31.0 Å². The van der Waals surface area contributed by atoms with Crippen molar-refractivity contribution >= 4 is 11.6 Å². The van der Waals surface area contributed by atoms with Gasteiger partial charge in [0.25, 0.3) is 5.91 Å². The van der Waals surface area contributed by atoms with Crippen LogP contribution < -0.4 is 11.1 Å². The average Bonchev–Trinajstić information content (AvgIpc) is 2.34. The van der Waals surface area contributed by atoms with Gasteiger partial charge >= 0.3 is 6.18 Å². The third-order valence-electron chi connectivity index (χ3n) is 2.95. The van der Waals surface area contributed by atoms with Crippen LogP contribution in [0.2, 0.25) is 0 Å². The molecular weight excluding hydrogens is 257 g/mol. The maximum Gasteiger partial charge on any atom is 0.416 e. The van der Waals surface area contributed by atoms with Gasteiger partial charge in [-0.25, -0.2) is 0 Å². The molecule has 0 spiro atoms. The number of carbonyl (C=O) groups excluding carboxylic acids is 1. The van der Waals surface area contributed by atoms with Gasteiger partial charge in [0, 0.05) is 11.7 Å². The van der Waals surface area contributed by atoms with Crippen molar-refractivity contribution in [2.24, 2.45) is 0 Å². The van der Waals surface area contributed by atoms with Crippen molar-refractivity contribution in [2.75, 3.05) is 5.73 Å². The molecule has 0 radical (unpaired) electrons. The summed E-state index contributed by atoms with van der Waals surface area (Å²) >= 11 is 0. The van der Waals surface area contributed by atoms with Gasteiger partial charge in [0.15, 0.2) is 0 Å². The summed E-state index contributed by atoms with van der Waals surface area (Å²) < 4.78 is 37.8. The Morgan fingerprint density at radius 3 is 2.37 bits per heavy atom. The van der Waals surface area contributed by atoms with E-state index in [1.807, 2.05) is 13.8 Å². The molecule has 3 nitrogen and oxygen atoms in total. The number of nitrogens with two attached hydrogens (primary N) is 1. The molecule has 106 valence electrons. The van der Waals surface area contributed by atoms with Crippen LogP contribution in [0.1, 0.15) is 42.6 Å². The summed E-state index contributed by atoms with van der Waals surface area (Å²) in [5.41, 5.74) is 4.59. The summed E-state index contributed by atoms with van der Waals surface area (Å²) in [5.74, 6) is -0.572. The Labute approximate surface area is 110 Å². The van der Waals surface area contributed by atoms with Gasteiger partial charge in [-0.3, -0.25) is 4.79 Å². The quantitative estimate of drug-likeness (QED) is 0.828. The molecule has 0 aromatic heterocycles. The highest BCUT2D eigenvalue weighted by Crippen LogP contribution is 2.31. The number of rotatable bonds is 4. The highest BCUT2D eigenvalue weighted by Gasteiger charge is 2.31. The van der Waals surface area contributed by atoms with Crippen molar-refractivity contribution in [2.45, 2.75) is 38.9 Å². The van der Waals surface area contributed by atoms with Gasteiger partial charge in [0.2, 0.25) is 0 Å². The van der Waals surface area contributed by atoms with Crippen molar-refractivity contribution in [1.82, 2.24) is 5.32 Å². The molecule has 0 aliphatic carbocycles. The predicted octanol–water partition coefficient (Wildman–Crippen LogP) is 3.21. The molecule has 3 N–H and O–H groups in total. The Kier molecular flexibility index (Phi) is 4.80. The zero-order valence-corrected chi connectivity index (χ0v) is 10.8. The number of halogens is 3. The zero-order chi connectivity index (χ0) is 14.6. The van der Waals surface area contributed by atoms with Crippen molar-refractivity contribution in [3.63, 3.8) is 0 Å². The van der Waals surface area contributed by atoms with Crippen LogP contribution in [-0.2, 0) is 6.18 Å². The predicted molar refractivity (Wildman–Crippen MR) is 67.7 cm³/mol. The molecule has 0 fully saturated rings. The summed E-state index contributed by atoms with van der Waals surface area (Å²) in [7, 11) is 0. The summed E-state index contributed by atoms with van der Waals surface area (Å²) in [5, 5.41) is 2.67. The highest BCUT2D eigenvalue weighted by atomic mass is 19.4. The number of nitrogen functional groups attached to an aromatic ring is 1. The van der Waals surface area contributed by atoms with E-state index in [1.165, 1.54) is 0 Å². The maximum atomic E-state index is 12.6. The largest absolute Gasteiger partial charge is 0.416 e. The van der Waals surface area contributed by atoms with Crippen LogP contribution in [0, 0.1) is 0 Å². The lowest BCUT2D eigenvalue weighted by Crippen LogP contribution is -2.34. The number of amides is 1. The highest BCUT2D eigenvalue weighted by molar-refractivity contribution is 5.99. The van der Waals surface area contributed by atoms with E-state index < -0.39 is 17.6 Å². The van der Waals surface area contributed by atoms with Crippen LogP contribution in [-0.4, -0.2) is 11.9 Å². The van der Waals surface area contributed by atoms with Crippen molar-refractivity contribution in [1.29, 1.82) is 0 Å². The second kappa shape index (κ2) is 5.95. The fourth-order valence-electron chi connectivity index (χ4n) is 1.69. The zero-order valence-electron chi connectivity index (χ0n) is 10.8. The van der Waals surface area contributed by atoms with Crippen LogP contribution in [0.3, 0.4) is 0 Å². The first-order valence-electron chi connectivity index (χ1n) is 6.07. The average molecular weight is 274 g/mol. The number of nitrogens with one attached hydrogen (secondary N) is 1. The number of alkyl halides is 3. The van der Waals surface area contributed by atoms with E-state index in [2.05, 4.69) is 5.32 Å². The summed E-state index contributed by atoms with van der Waals surface area (Å²) in [6.45, 7) is 3.79. The van der Waals surface area contributed by atoms with Gasteiger partial charge in [0.1, 0.15) is 0 Å². The van der Waals surface area contributed by atoms with E-state index in [9.17, 15) is 18.0 Å². The molecule has 0 saturated heterocycles. The first kappa shape index (κ1) is 15.3. The molecule has 0 bridgehead atoms. The minimum Gasteiger partial charge on any atom is -0.398 e. The minimum absolute atomic E-state index is 0.0384. The van der Waals surface area contributed by atoms with E-state index in [4.69, 9.17) is 5.73 Å². The van der Waals surface area contributed by atoms with Crippen LogP contribution >= 0.6 is 0 Å². The van der Waals surface area contributed by atoms with Gasteiger partial charge < -0.3 is 11.1 Å². The van der Waals surface area contributed by atoms with E-state index in [0.717, 1.165) is 18.2 Å². The van der Waals surface area contributed by atoms with Crippen LogP contribution in [0.25, 0.3) is 0 Å². The minimum atomic E-state index is -4.49. The lowest BCUT2D eigenvalue weighted by atomic mass is 10.1. The molecule has 1 aromatic carbocycles. The van der Waals surface area contributed by atoms with E-state index in [1.54, 1.807) is 0 Å². The first-order chi connectivity index (χ1) is 8.79. The van der Waals surface area contributed by atoms with Gasteiger partial charge in [-0.1, -0.05) is 13.8 Å². The first-order valence-corrected chi connectivity index (χ1v) is 6.07. The standard InChI is InChI=1S/C13H17F3N2O/c1-3-9(4-2)18-12(19)10-7-8(13(14,15)16)5-6-11(10)17/h5-7,9H,3-4,17H2,1-2H3,(H,18,19). The molecule has 0 unspecified atom stereocenters. The second-order valence-electron chi connectivity index (χ2n) is 4.29. The molecular formula is C13H17F3N2O. The van der Waals surface area contributed by atoms with Crippen LogP contribution in [0.5, 0.6) is 0 Å². The molecule has 0 heterocycles. The molecule has 0 aliphatic rings. The van der Waals surface area contributed by atoms with E-state index in [-0.39, 0.29) is 17.3 Å². The van der Waals surface area contributed by atoms with Crippen molar-refractivity contribution in [3.8, 4) is 0 Å². The summed E-state index contributed by atoms with van der Waals surface area (Å²) in [4.78, 5) is 11.9. The number of carbonyl (C=O) groups is 1. The second-order valence-corrected chi connectivity index (χ2v) is 4.29. The molecule has 0 aliphatic heterocycles. The Balaban J connectivity index is 3.02. The lowest BCUT2D eigenvalue weighted by Gasteiger charge is -2.16. The number of hydrogen-bond acceptors (Lipinski definition) is 2. The van der Waals surface area contributed by atoms with Crippen molar-refractivity contribution in [3.05, 3.63) is 29.3 Å². The molecule has 6 heteroatoms.